The zero-order chi connectivity index (χ0) is 22.8. The molecule has 1 aliphatic carbocycles. The van der Waals surface area contributed by atoms with Crippen molar-refractivity contribution in [2.24, 2.45) is 5.92 Å². The van der Waals surface area contributed by atoms with Gasteiger partial charge >= 0.3 is 0 Å². The summed E-state index contributed by atoms with van der Waals surface area (Å²) in [7, 11) is 1.69. The maximum atomic E-state index is 13.3. The summed E-state index contributed by atoms with van der Waals surface area (Å²) >= 11 is 0. The Bertz CT molecular complexity index is 980. The van der Waals surface area contributed by atoms with Gasteiger partial charge in [0.15, 0.2) is 0 Å². The number of piperidine rings is 2. The van der Waals surface area contributed by atoms with Crippen LogP contribution in [0.25, 0.3) is 0 Å². The SMILES string of the molecule is CONC1CC2(CCN(C(=O)C3CCN(Cc4cccnc4N)CC3)CC2)c2ccccc21. The summed E-state index contributed by atoms with van der Waals surface area (Å²) in [5.74, 6) is 1.10. The van der Waals surface area contributed by atoms with E-state index in [-0.39, 0.29) is 17.4 Å². The molecule has 1 atom stereocenters. The van der Waals surface area contributed by atoms with Crippen LogP contribution in [-0.4, -0.2) is 54.0 Å². The van der Waals surface area contributed by atoms with Crippen molar-refractivity contribution in [2.45, 2.75) is 50.1 Å². The van der Waals surface area contributed by atoms with E-state index in [1.54, 1.807) is 13.3 Å². The van der Waals surface area contributed by atoms with Gasteiger partial charge in [-0.15, -0.1) is 0 Å². The second-order valence-electron chi connectivity index (χ2n) is 9.87. The summed E-state index contributed by atoms with van der Waals surface area (Å²) in [5, 5.41) is 0. The molecule has 3 N–H and O–H groups in total. The first kappa shape index (κ1) is 22.3. The molecule has 0 radical (unpaired) electrons. The minimum Gasteiger partial charge on any atom is -0.383 e. The van der Waals surface area contributed by atoms with Gasteiger partial charge in [0.05, 0.1) is 13.2 Å². The van der Waals surface area contributed by atoms with Crippen molar-refractivity contribution in [1.29, 1.82) is 0 Å². The van der Waals surface area contributed by atoms with E-state index >= 15 is 0 Å². The standard InChI is InChI=1S/C26H35N5O2/c1-33-29-23-17-26(22-7-3-2-6-21(22)23)10-15-31(16-11-26)25(32)19-8-13-30(14-9-19)18-20-5-4-12-28-24(20)27/h2-7,12,19,23,29H,8-11,13-18H2,1H3,(H2,27,28). The number of nitrogens with one attached hydrogen (secondary N) is 1. The lowest BCUT2D eigenvalue weighted by Crippen LogP contribution is -2.48. The van der Waals surface area contributed by atoms with Gasteiger partial charge in [-0.3, -0.25) is 9.69 Å². The van der Waals surface area contributed by atoms with Gasteiger partial charge in [-0.1, -0.05) is 30.3 Å². The summed E-state index contributed by atoms with van der Waals surface area (Å²) in [6, 6.07) is 12.9. The van der Waals surface area contributed by atoms with Crippen LogP contribution in [0.3, 0.4) is 0 Å². The van der Waals surface area contributed by atoms with Gasteiger partial charge in [0.25, 0.3) is 0 Å². The second kappa shape index (κ2) is 9.41. The van der Waals surface area contributed by atoms with E-state index in [1.807, 2.05) is 12.1 Å². The Labute approximate surface area is 196 Å². The van der Waals surface area contributed by atoms with Crippen LogP contribution in [-0.2, 0) is 21.6 Å². The number of carbonyl (C=O) groups excluding carboxylic acids is 1. The van der Waals surface area contributed by atoms with E-state index < -0.39 is 0 Å². The smallest absolute Gasteiger partial charge is 0.225 e. The lowest BCUT2D eigenvalue weighted by atomic mass is 9.73. The summed E-state index contributed by atoms with van der Waals surface area (Å²) < 4.78 is 0. The highest BCUT2D eigenvalue weighted by Crippen LogP contribution is 2.50. The second-order valence-corrected chi connectivity index (χ2v) is 9.87. The monoisotopic (exact) mass is 449 g/mol. The molecule has 3 heterocycles. The van der Waals surface area contributed by atoms with Crippen molar-refractivity contribution in [3.8, 4) is 0 Å². The van der Waals surface area contributed by atoms with Crippen molar-refractivity contribution < 1.29 is 9.63 Å². The zero-order valence-corrected chi connectivity index (χ0v) is 19.5. The first-order chi connectivity index (χ1) is 16.1. The van der Waals surface area contributed by atoms with Gasteiger partial charge in [0, 0.05) is 42.7 Å². The number of hydrogen-bond donors (Lipinski definition) is 2. The average molecular weight is 450 g/mol. The van der Waals surface area contributed by atoms with Crippen LogP contribution in [0.15, 0.2) is 42.6 Å². The number of likely N-dealkylation sites (tertiary alicyclic amines) is 2. The lowest BCUT2D eigenvalue weighted by molar-refractivity contribution is -0.138. The average Bonchev–Trinajstić information content (AvgIpc) is 3.14. The first-order valence-corrected chi connectivity index (χ1v) is 12.2. The highest BCUT2D eigenvalue weighted by atomic mass is 16.6. The molecule has 0 saturated carbocycles. The molecule has 0 bridgehead atoms. The third-order valence-corrected chi connectivity index (χ3v) is 8.05. The predicted octanol–water partition coefficient (Wildman–Crippen LogP) is 3.03. The van der Waals surface area contributed by atoms with Gasteiger partial charge in [-0.2, -0.15) is 5.48 Å². The Morgan fingerprint density at radius 2 is 1.91 bits per heavy atom. The Kier molecular flexibility index (Phi) is 6.36. The Morgan fingerprint density at radius 1 is 1.15 bits per heavy atom. The number of amides is 1. The van der Waals surface area contributed by atoms with Gasteiger partial charge in [-0.25, -0.2) is 4.98 Å². The maximum absolute atomic E-state index is 13.3. The van der Waals surface area contributed by atoms with Crippen LogP contribution in [0, 0.1) is 5.92 Å². The van der Waals surface area contributed by atoms with Gasteiger partial charge in [0.1, 0.15) is 5.82 Å². The van der Waals surface area contributed by atoms with E-state index in [2.05, 4.69) is 44.5 Å². The molecule has 1 amide bonds. The Morgan fingerprint density at radius 3 is 2.64 bits per heavy atom. The van der Waals surface area contributed by atoms with Crippen molar-refractivity contribution in [1.82, 2.24) is 20.3 Å². The lowest BCUT2D eigenvalue weighted by Gasteiger charge is -2.42. The van der Waals surface area contributed by atoms with Crippen molar-refractivity contribution >= 4 is 11.7 Å². The van der Waals surface area contributed by atoms with Gasteiger partial charge < -0.3 is 15.5 Å². The molecule has 2 saturated heterocycles. The van der Waals surface area contributed by atoms with E-state index in [1.165, 1.54) is 11.1 Å². The summed E-state index contributed by atoms with van der Waals surface area (Å²) in [5.41, 5.74) is 13.2. The molecule has 1 aromatic carbocycles. The number of fused-ring (bicyclic) bond motifs is 2. The molecule has 2 aliphatic heterocycles. The zero-order valence-electron chi connectivity index (χ0n) is 19.5. The van der Waals surface area contributed by atoms with Crippen LogP contribution in [0.2, 0.25) is 0 Å². The number of hydroxylamine groups is 1. The number of aromatic nitrogens is 1. The minimum atomic E-state index is 0.139. The summed E-state index contributed by atoms with van der Waals surface area (Å²) in [6.45, 7) is 4.36. The number of nitrogen functional groups attached to an aromatic ring is 1. The molecule has 2 fully saturated rings. The molecule has 7 heteroatoms. The third-order valence-electron chi connectivity index (χ3n) is 8.05. The van der Waals surface area contributed by atoms with E-state index in [0.29, 0.717) is 11.7 Å². The molecule has 5 rings (SSSR count). The van der Waals surface area contributed by atoms with E-state index in [0.717, 1.165) is 70.4 Å². The molecular weight excluding hydrogens is 414 g/mol. The molecule has 1 unspecified atom stereocenters. The molecule has 3 aliphatic rings. The third kappa shape index (κ3) is 4.37. The number of hydrogen-bond acceptors (Lipinski definition) is 6. The number of pyridine rings is 1. The minimum absolute atomic E-state index is 0.139. The molecule has 1 spiro atoms. The van der Waals surface area contributed by atoms with Crippen LogP contribution in [0.4, 0.5) is 5.82 Å². The molecule has 2 aromatic rings. The number of carbonyl (C=O) groups is 1. The largest absolute Gasteiger partial charge is 0.383 e. The highest BCUT2D eigenvalue weighted by molar-refractivity contribution is 5.79. The predicted molar refractivity (Wildman–Crippen MR) is 128 cm³/mol. The van der Waals surface area contributed by atoms with Crippen LogP contribution >= 0.6 is 0 Å². The number of nitrogens with zero attached hydrogens (tertiary/aromatic N) is 3. The molecule has 1 aromatic heterocycles. The van der Waals surface area contributed by atoms with Crippen molar-refractivity contribution in [2.75, 3.05) is 39.0 Å². The first-order valence-electron chi connectivity index (χ1n) is 12.2. The normalized spacial score (nSPS) is 23.1. The van der Waals surface area contributed by atoms with E-state index in [9.17, 15) is 4.79 Å². The number of nitrogens with two attached hydrogens (primary N) is 1. The Balaban J connectivity index is 1.16. The van der Waals surface area contributed by atoms with Gasteiger partial charge in [0.2, 0.25) is 5.91 Å². The van der Waals surface area contributed by atoms with Crippen LogP contribution in [0.5, 0.6) is 0 Å². The van der Waals surface area contributed by atoms with Crippen LogP contribution in [0.1, 0.15) is 54.8 Å². The fourth-order valence-electron chi connectivity index (χ4n) is 6.19. The Hall–Kier alpha value is -2.48. The molecule has 7 nitrogen and oxygen atoms in total. The van der Waals surface area contributed by atoms with Crippen molar-refractivity contribution in [3.05, 3.63) is 59.3 Å². The van der Waals surface area contributed by atoms with Gasteiger partial charge in [-0.05, 0) is 62.4 Å². The van der Waals surface area contributed by atoms with Crippen molar-refractivity contribution in [3.63, 3.8) is 0 Å². The summed E-state index contributed by atoms with van der Waals surface area (Å²) in [4.78, 5) is 27.3. The van der Waals surface area contributed by atoms with E-state index in [4.69, 9.17) is 10.6 Å². The maximum Gasteiger partial charge on any atom is 0.225 e. The fourth-order valence-corrected chi connectivity index (χ4v) is 6.19. The molecule has 33 heavy (non-hydrogen) atoms. The number of rotatable bonds is 5. The summed E-state index contributed by atoms with van der Waals surface area (Å²) in [6.07, 6.45) is 6.66. The molecule has 176 valence electrons. The topological polar surface area (TPSA) is 83.7 Å². The molecular formula is C26H35N5O2. The fraction of sp³-hybridized carbons (Fsp3) is 0.538. The van der Waals surface area contributed by atoms with Crippen LogP contribution < -0.4 is 11.2 Å². The highest BCUT2D eigenvalue weighted by Gasteiger charge is 2.46. The quantitative estimate of drug-likeness (QED) is 0.683. The number of anilines is 1. The number of benzene rings is 1.